The summed E-state index contributed by atoms with van der Waals surface area (Å²) in [5, 5.41) is 14.7. The van der Waals surface area contributed by atoms with Crippen molar-refractivity contribution in [3.8, 4) is 11.1 Å². The molecule has 0 radical (unpaired) electrons. The molecule has 2 aromatic rings. The Kier molecular flexibility index (Phi) is 5.76. The number of unbranched alkanes of at least 4 members (excludes halogenated alkanes) is 1. The normalized spacial score (nSPS) is 11.3. The first-order valence-electron chi connectivity index (χ1n) is 7.81. The van der Waals surface area contributed by atoms with E-state index in [0.29, 0.717) is 23.4 Å². The van der Waals surface area contributed by atoms with E-state index in [1.165, 1.54) is 6.07 Å². The van der Waals surface area contributed by atoms with E-state index in [-0.39, 0.29) is 10.5 Å². The van der Waals surface area contributed by atoms with Gasteiger partial charge >= 0.3 is 5.97 Å². The van der Waals surface area contributed by atoms with Crippen molar-refractivity contribution in [1.29, 1.82) is 0 Å². The number of nitrogens with zero attached hydrogens (tertiary/aromatic N) is 2. The fraction of sp³-hybridized carbons (Fsp3) is 0.294. The quantitative estimate of drug-likeness (QED) is 0.780. The van der Waals surface area contributed by atoms with Gasteiger partial charge in [-0.3, -0.25) is 4.98 Å². The van der Waals surface area contributed by atoms with Crippen LogP contribution >= 0.6 is 0 Å². The lowest BCUT2D eigenvalue weighted by atomic mass is 10.0. The number of aromatic nitrogens is 1. The minimum atomic E-state index is -4.12. The predicted octanol–water partition coefficient (Wildman–Crippen LogP) is 2.33. The number of hydrogen-bond donors (Lipinski definition) is 2. The van der Waals surface area contributed by atoms with Crippen molar-refractivity contribution in [3.05, 3.63) is 42.2 Å². The molecule has 7 nitrogen and oxygen atoms in total. The minimum Gasteiger partial charge on any atom is -0.478 e. The number of rotatable bonds is 7. The molecule has 0 amide bonds. The highest BCUT2D eigenvalue weighted by atomic mass is 32.2. The van der Waals surface area contributed by atoms with Crippen LogP contribution in [0.4, 0.5) is 5.69 Å². The van der Waals surface area contributed by atoms with Gasteiger partial charge in [-0.25, -0.2) is 18.4 Å². The van der Waals surface area contributed by atoms with E-state index in [1.807, 2.05) is 11.8 Å². The van der Waals surface area contributed by atoms with Crippen molar-refractivity contribution in [1.82, 2.24) is 4.98 Å². The van der Waals surface area contributed by atoms with Gasteiger partial charge in [0.05, 0.1) is 10.5 Å². The summed E-state index contributed by atoms with van der Waals surface area (Å²) in [5.41, 5.74) is 1.37. The van der Waals surface area contributed by atoms with E-state index >= 15 is 0 Å². The van der Waals surface area contributed by atoms with Crippen molar-refractivity contribution in [2.45, 2.75) is 24.7 Å². The lowest BCUT2D eigenvalue weighted by Gasteiger charge is -2.24. The molecule has 25 heavy (non-hydrogen) atoms. The summed E-state index contributed by atoms with van der Waals surface area (Å²) >= 11 is 0. The molecule has 0 atom stereocenters. The van der Waals surface area contributed by atoms with Crippen molar-refractivity contribution in [2.75, 3.05) is 18.5 Å². The van der Waals surface area contributed by atoms with Crippen LogP contribution in [0.1, 0.15) is 30.1 Å². The van der Waals surface area contributed by atoms with E-state index in [0.717, 1.165) is 18.9 Å². The monoisotopic (exact) mass is 363 g/mol. The predicted molar refractivity (Wildman–Crippen MR) is 96.2 cm³/mol. The number of hydrogen-bond acceptors (Lipinski definition) is 5. The van der Waals surface area contributed by atoms with Gasteiger partial charge in [0, 0.05) is 37.2 Å². The van der Waals surface area contributed by atoms with E-state index in [9.17, 15) is 18.3 Å². The van der Waals surface area contributed by atoms with E-state index in [1.54, 1.807) is 31.6 Å². The molecule has 0 aliphatic carbocycles. The van der Waals surface area contributed by atoms with Gasteiger partial charge in [0.25, 0.3) is 0 Å². The van der Waals surface area contributed by atoms with Crippen LogP contribution in [0.15, 0.2) is 41.6 Å². The molecule has 0 unspecified atom stereocenters. The number of aromatic carboxylic acids is 1. The van der Waals surface area contributed by atoms with Crippen LogP contribution in [0.5, 0.6) is 0 Å². The summed E-state index contributed by atoms with van der Waals surface area (Å²) in [6.45, 7) is 2.70. The Balaban J connectivity index is 2.82. The smallest absolute Gasteiger partial charge is 0.335 e. The molecule has 0 spiro atoms. The Morgan fingerprint density at radius 3 is 2.44 bits per heavy atom. The van der Waals surface area contributed by atoms with Gasteiger partial charge in [-0.05, 0) is 36.2 Å². The van der Waals surface area contributed by atoms with Crippen LogP contribution in [0, 0.1) is 0 Å². The van der Waals surface area contributed by atoms with Crippen LogP contribution in [-0.4, -0.2) is 38.1 Å². The first-order chi connectivity index (χ1) is 11.8. The number of sulfonamides is 1. The largest absolute Gasteiger partial charge is 0.478 e. The maximum absolute atomic E-state index is 12.1. The van der Waals surface area contributed by atoms with Gasteiger partial charge in [-0.2, -0.15) is 0 Å². The Morgan fingerprint density at radius 2 is 1.92 bits per heavy atom. The molecule has 2 rings (SSSR count). The lowest BCUT2D eigenvalue weighted by molar-refractivity contribution is 0.0696. The van der Waals surface area contributed by atoms with E-state index in [4.69, 9.17) is 5.14 Å². The third kappa shape index (κ3) is 4.34. The average molecular weight is 363 g/mol. The summed E-state index contributed by atoms with van der Waals surface area (Å²) < 4.78 is 24.3. The maximum Gasteiger partial charge on any atom is 0.335 e. The molecule has 1 heterocycles. The fourth-order valence-electron chi connectivity index (χ4n) is 2.57. The Bertz CT molecular complexity index is 867. The Hall–Kier alpha value is -2.45. The number of pyridine rings is 1. The first kappa shape index (κ1) is 18.9. The number of benzene rings is 1. The minimum absolute atomic E-state index is 0.125. The zero-order chi connectivity index (χ0) is 18.6. The SMILES string of the molecule is CCCCN(C)c1cc(C(=O)O)cc(S(N)(=O)=O)c1-c1ccncc1. The van der Waals surface area contributed by atoms with E-state index < -0.39 is 16.0 Å². The fourth-order valence-corrected chi connectivity index (χ4v) is 3.37. The molecule has 0 fully saturated rings. The Labute approximate surface area is 147 Å². The number of primary sulfonamides is 1. The highest BCUT2D eigenvalue weighted by Gasteiger charge is 2.24. The molecule has 0 bridgehead atoms. The second kappa shape index (κ2) is 7.62. The topological polar surface area (TPSA) is 114 Å². The third-order valence-corrected chi connectivity index (χ3v) is 4.80. The van der Waals surface area contributed by atoms with Gasteiger partial charge in [-0.1, -0.05) is 13.3 Å². The second-order valence-electron chi connectivity index (χ2n) is 5.73. The number of anilines is 1. The van der Waals surface area contributed by atoms with Crippen LogP contribution in [0.25, 0.3) is 11.1 Å². The zero-order valence-electron chi connectivity index (χ0n) is 14.1. The number of carboxylic acid groups (broad SMARTS) is 1. The molecule has 0 aliphatic rings. The molecular formula is C17H21N3O4S. The maximum atomic E-state index is 12.1. The first-order valence-corrected chi connectivity index (χ1v) is 9.36. The van der Waals surface area contributed by atoms with Crippen molar-refractivity contribution in [2.24, 2.45) is 5.14 Å². The second-order valence-corrected chi connectivity index (χ2v) is 7.26. The zero-order valence-corrected chi connectivity index (χ0v) is 15.0. The summed E-state index contributed by atoms with van der Waals surface area (Å²) in [7, 11) is -2.32. The average Bonchev–Trinajstić information content (AvgIpc) is 2.58. The number of carbonyl (C=O) groups is 1. The molecule has 1 aromatic heterocycles. The highest BCUT2D eigenvalue weighted by Crippen LogP contribution is 2.37. The summed E-state index contributed by atoms with van der Waals surface area (Å²) in [4.78, 5) is 17.0. The molecule has 134 valence electrons. The molecule has 1 aromatic carbocycles. The summed E-state index contributed by atoms with van der Waals surface area (Å²) in [5.74, 6) is -1.21. The Morgan fingerprint density at radius 1 is 1.28 bits per heavy atom. The summed E-state index contributed by atoms with van der Waals surface area (Å²) in [6, 6.07) is 5.91. The van der Waals surface area contributed by atoms with Gasteiger partial charge < -0.3 is 10.0 Å². The van der Waals surface area contributed by atoms with E-state index in [2.05, 4.69) is 4.98 Å². The van der Waals surface area contributed by atoms with Gasteiger partial charge in [0.15, 0.2) is 0 Å². The number of carboxylic acids is 1. The van der Waals surface area contributed by atoms with Crippen molar-refractivity contribution >= 4 is 21.7 Å². The molecule has 0 aliphatic heterocycles. The van der Waals surface area contributed by atoms with Crippen LogP contribution in [0.2, 0.25) is 0 Å². The standard InChI is InChI=1S/C17H21N3O4S/c1-3-4-9-20(2)14-10-13(17(21)22)11-15(25(18,23)24)16(14)12-5-7-19-8-6-12/h5-8,10-11H,3-4,9H2,1-2H3,(H,21,22)(H2,18,23,24). The molecule has 0 saturated heterocycles. The molecule has 3 N–H and O–H groups in total. The van der Waals surface area contributed by atoms with Gasteiger partial charge in [0.2, 0.25) is 10.0 Å². The van der Waals surface area contributed by atoms with Crippen molar-refractivity contribution in [3.63, 3.8) is 0 Å². The van der Waals surface area contributed by atoms with Crippen LogP contribution in [-0.2, 0) is 10.0 Å². The van der Waals surface area contributed by atoms with Gasteiger partial charge in [-0.15, -0.1) is 0 Å². The third-order valence-electron chi connectivity index (χ3n) is 3.86. The number of nitrogens with two attached hydrogens (primary N) is 1. The molecular weight excluding hydrogens is 342 g/mol. The molecule has 8 heteroatoms. The van der Waals surface area contributed by atoms with Gasteiger partial charge in [0.1, 0.15) is 0 Å². The van der Waals surface area contributed by atoms with Crippen LogP contribution in [0.3, 0.4) is 0 Å². The lowest BCUT2D eigenvalue weighted by Crippen LogP contribution is -2.22. The summed E-state index contributed by atoms with van der Waals surface area (Å²) in [6.07, 6.45) is 4.93. The highest BCUT2D eigenvalue weighted by molar-refractivity contribution is 7.89. The van der Waals surface area contributed by atoms with Crippen LogP contribution < -0.4 is 10.0 Å². The molecule has 0 saturated carbocycles. The van der Waals surface area contributed by atoms with Crippen molar-refractivity contribution < 1.29 is 18.3 Å².